The van der Waals surface area contributed by atoms with Crippen molar-refractivity contribution in [1.82, 2.24) is 10.6 Å². The molecule has 1 aliphatic heterocycles. The number of halogens is 1. The number of anilines is 1. The van der Waals surface area contributed by atoms with Crippen LogP contribution in [0.1, 0.15) is 44.0 Å². The van der Waals surface area contributed by atoms with Crippen molar-refractivity contribution in [2.45, 2.75) is 45.2 Å². The minimum absolute atomic E-state index is 0. The Morgan fingerprint density at radius 1 is 1.27 bits per heavy atom. The summed E-state index contributed by atoms with van der Waals surface area (Å²) in [5, 5.41) is 8.92. The molecule has 0 saturated carbocycles. The van der Waals surface area contributed by atoms with Crippen LogP contribution in [-0.4, -0.2) is 29.9 Å². The molecule has 2 amide bonds. The Kier molecular flexibility index (Phi) is 6.38. The second-order valence-corrected chi connectivity index (χ2v) is 6.42. The summed E-state index contributed by atoms with van der Waals surface area (Å²) in [4.78, 5) is 24.2. The van der Waals surface area contributed by atoms with E-state index in [1.807, 2.05) is 20.8 Å². The lowest BCUT2D eigenvalue weighted by atomic mass is 10.1. The summed E-state index contributed by atoms with van der Waals surface area (Å²) in [5.41, 5.74) is 0.904. The molecule has 122 valence electrons. The third-order valence-electron chi connectivity index (χ3n) is 3.26. The van der Waals surface area contributed by atoms with Crippen LogP contribution in [0.15, 0.2) is 24.3 Å². The zero-order chi connectivity index (χ0) is 15.5. The monoisotopic (exact) mass is 325 g/mol. The van der Waals surface area contributed by atoms with Gasteiger partial charge in [0.25, 0.3) is 5.91 Å². The van der Waals surface area contributed by atoms with Crippen molar-refractivity contribution in [3.63, 3.8) is 0 Å². The first kappa shape index (κ1) is 18.5. The number of carbonyl (C=O) groups is 2. The van der Waals surface area contributed by atoms with E-state index in [2.05, 4.69) is 16.0 Å². The molecule has 3 N–H and O–H groups in total. The van der Waals surface area contributed by atoms with Crippen LogP contribution in [0.5, 0.6) is 0 Å². The lowest BCUT2D eigenvalue weighted by Crippen LogP contribution is -2.40. The molecular weight excluding hydrogens is 302 g/mol. The van der Waals surface area contributed by atoms with Gasteiger partial charge in [-0.3, -0.25) is 9.59 Å². The van der Waals surface area contributed by atoms with Crippen molar-refractivity contribution in [1.29, 1.82) is 0 Å². The highest BCUT2D eigenvalue weighted by molar-refractivity contribution is 5.98. The Balaban J connectivity index is 0.00000242. The predicted molar refractivity (Wildman–Crippen MR) is 90.6 cm³/mol. The first-order valence-corrected chi connectivity index (χ1v) is 7.32. The predicted octanol–water partition coefficient (Wildman–Crippen LogP) is 2.33. The van der Waals surface area contributed by atoms with Crippen LogP contribution in [0.3, 0.4) is 0 Å². The molecule has 2 rings (SSSR count). The maximum atomic E-state index is 12.1. The van der Waals surface area contributed by atoms with E-state index in [0.717, 1.165) is 19.4 Å². The lowest BCUT2D eigenvalue weighted by Gasteiger charge is -2.20. The fourth-order valence-corrected chi connectivity index (χ4v) is 2.29. The van der Waals surface area contributed by atoms with E-state index in [0.29, 0.717) is 11.3 Å². The summed E-state index contributed by atoms with van der Waals surface area (Å²) in [5.74, 6) is -0.182. The number of amides is 2. The van der Waals surface area contributed by atoms with Gasteiger partial charge in [0.15, 0.2) is 0 Å². The van der Waals surface area contributed by atoms with Crippen LogP contribution in [-0.2, 0) is 4.79 Å². The SMILES string of the molecule is CC(C)(C)NC(=O)c1cccc(NC(=O)C2CCCN2)c1.Cl. The minimum atomic E-state index is -0.288. The second-order valence-electron chi connectivity index (χ2n) is 6.42. The Labute approximate surface area is 137 Å². The summed E-state index contributed by atoms with van der Waals surface area (Å²) in [7, 11) is 0. The summed E-state index contributed by atoms with van der Waals surface area (Å²) < 4.78 is 0. The number of hydrogen-bond donors (Lipinski definition) is 3. The molecule has 5 nitrogen and oxygen atoms in total. The molecule has 1 aromatic rings. The summed E-state index contributed by atoms with van der Waals surface area (Å²) in [6.45, 7) is 6.68. The lowest BCUT2D eigenvalue weighted by molar-refractivity contribution is -0.117. The van der Waals surface area contributed by atoms with Crippen molar-refractivity contribution in [2.75, 3.05) is 11.9 Å². The minimum Gasteiger partial charge on any atom is -0.347 e. The fourth-order valence-electron chi connectivity index (χ4n) is 2.29. The summed E-state index contributed by atoms with van der Waals surface area (Å²) in [6.07, 6.45) is 1.88. The Morgan fingerprint density at radius 2 is 2.00 bits per heavy atom. The van der Waals surface area contributed by atoms with Gasteiger partial charge in [0.05, 0.1) is 6.04 Å². The number of benzene rings is 1. The molecule has 1 heterocycles. The third kappa shape index (κ3) is 5.31. The molecule has 0 aliphatic carbocycles. The van der Waals surface area contributed by atoms with E-state index in [1.165, 1.54) is 0 Å². The smallest absolute Gasteiger partial charge is 0.251 e. The molecule has 22 heavy (non-hydrogen) atoms. The molecule has 1 saturated heterocycles. The van der Waals surface area contributed by atoms with Gasteiger partial charge in [0.1, 0.15) is 0 Å². The maximum absolute atomic E-state index is 12.1. The largest absolute Gasteiger partial charge is 0.347 e. The molecule has 0 spiro atoms. The molecule has 1 atom stereocenters. The number of nitrogens with one attached hydrogen (secondary N) is 3. The van der Waals surface area contributed by atoms with E-state index in [-0.39, 0.29) is 35.8 Å². The average molecular weight is 326 g/mol. The van der Waals surface area contributed by atoms with Gasteiger partial charge in [-0.2, -0.15) is 0 Å². The zero-order valence-corrected chi connectivity index (χ0v) is 14.0. The molecule has 1 aromatic carbocycles. The average Bonchev–Trinajstić information content (AvgIpc) is 2.91. The van der Waals surface area contributed by atoms with Crippen molar-refractivity contribution < 1.29 is 9.59 Å². The Hall–Kier alpha value is -1.59. The summed E-state index contributed by atoms with van der Waals surface area (Å²) >= 11 is 0. The van der Waals surface area contributed by atoms with Gasteiger partial charge < -0.3 is 16.0 Å². The second kappa shape index (κ2) is 7.61. The molecule has 1 aliphatic rings. The molecule has 0 aromatic heterocycles. The molecule has 0 radical (unpaired) electrons. The Bertz CT molecular complexity index is 534. The van der Waals surface area contributed by atoms with Crippen molar-refractivity contribution in [3.05, 3.63) is 29.8 Å². The number of carbonyl (C=O) groups excluding carboxylic acids is 2. The zero-order valence-electron chi connectivity index (χ0n) is 13.2. The van der Waals surface area contributed by atoms with Gasteiger partial charge in [-0.25, -0.2) is 0 Å². The van der Waals surface area contributed by atoms with Gasteiger partial charge >= 0.3 is 0 Å². The van der Waals surface area contributed by atoms with Crippen LogP contribution >= 0.6 is 12.4 Å². The Morgan fingerprint density at radius 3 is 2.59 bits per heavy atom. The first-order chi connectivity index (χ1) is 9.85. The topological polar surface area (TPSA) is 70.2 Å². The van der Waals surface area contributed by atoms with Crippen molar-refractivity contribution in [2.24, 2.45) is 0 Å². The van der Waals surface area contributed by atoms with Crippen molar-refractivity contribution >= 4 is 29.9 Å². The highest BCUT2D eigenvalue weighted by Gasteiger charge is 2.22. The molecule has 6 heteroatoms. The normalized spacial score (nSPS) is 17.5. The van der Waals surface area contributed by atoms with Gasteiger partial charge in [-0.15, -0.1) is 12.4 Å². The van der Waals surface area contributed by atoms with E-state index in [4.69, 9.17) is 0 Å². The standard InChI is InChI=1S/C16H23N3O2.ClH/c1-16(2,3)19-14(20)11-6-4-7-12(10-11)18-15(21)13-8-5-9-17-13;/h4,6-7,10,13,17H,5,8-9H2,1-3H3,(H,18,21)(H,19,20);1H. The van der Waals surface area contributed by atoms with Crippen LogP contribution in [0.4, 0.5) is 5.69 Å². The fraction of sp³-hybridized carbons (Fsp3) is 0.500. The summed E-state index contributed by atoms with van der Waals surface area (Å²) in [6, 6.07) is 6.88. The number of rotatable bonds is 3. The molecule has 1 fully saturated rings. The van der Waals surface area contributed by atoms with Crippen LogP contribution in [0.2, 0.25) is 0 Å². The molecule has 1 unspecified atom stereocenters. The molecular formula is C16H24ClN3O2. The van der Waals surface area contributed by atoms with Crippen LogP contribution in [0.25, 0.3) is 0 Å². The van der Waals surface area contributed by atoms with Gasteiger partial charge in [-0.1, -0.05) is 6.07 Å². The van der Waals surface area contributed by atoms with E-state index < -0.39 is 0 Å². The maximum Gasteiger partial charge on any atom is 0.251 e. The molecule has 0 bridgehead atoms. The van der Waals surface area contributed by atoms with E-state index >= 15 is 0 Å². The van der Waals surface area contributed by atoms with Gasteiger partial charge in [0, 0.05) is 16.8 Å². The highest BCUT2D eigenvalue weighted by Crippen LogP contribution is 2.14. The van der Waals surface area contributed by atoms with Crippen LogP contribution in [0, 0.1) is 0 Å². The van der Waals surface area contributed by atoms with Gasteiger partial charge in [-0.05, 0) is 58.4 Å². The highest BCUT2D eigenvalue weighted by atomic mass is 35.5. The number of hydrogen-bond acceptors (Lipinski definition) is 3. The first-order valence-electron chi connectivity index (χ1n) is 7.32. The third-order valence-corrected chi connectivity index (χ3v) is 3.26. The van der Waals surface area contributed by atoms with E-state index in [1.54, 1.807) is 24.3 Å². The van der Waals surface area contributed by atoms with Gasteiger partial charge in [0.2, 0.25) is 5.91 Å². The van der Waals surface area contributed by atoms with Crippen LogP contribution < -0.4 is 16.0 Å². The quantitative estimate of drug-likeness (QED) is 0.798. The van der Waals surface area contributed by atoms with E-state index in [9.17, 15) is 9.59 Å². The van der Waals surface area contributed by atoms with Crippen molar-refractivity contribution in [3.8, 4) is 0 Å².